The van der Waals surface area contributed by atoms with Crippen LogP contribution in [0.5, 0.6) is 0 Å². The van der Waals surface area contributed by atoms with E-state index >= 15 is 0 Å². The molecule has 2 aliphatic rings. The number of nitrogens with zero attached hydrogens (tertiary/aromatic N) is 2. The molecular weight excluding hydrogens is 367 g/mol. The fraction of sp³-hybridized carbons (Fsp3) is 0.174. The average Bonchev–Trinajstić information content (AvgIpc) is 3.32. The molecule has 6 heteroatoms. The minimum atomic E-state index is -0.359. The lowest BCUT2D eigenvalue weighted by Gasteiger charge is -2.20. The summed E-state index contributed by atoms with van der Waals surface area (Å²) in [6.07, 6.45) is 7.80. The summed E-state index contributed by atoms with van der Waals surface area (Å²) >= 11 is 0. The summed E-state index contributed by atoms with van der Waals surface area (Å²) < 4.78 is 13.8. The van der Waals surface area contributed by atoms with Crippen LogP contribution >= 0.6 is 0 Å². The maximum Gasteiger partial charge on any atom is 0.256 e. The van der Waals surface area contributed by atoms with E-state index in [0.717, 1.165) is 53.2 Å². The zero-order chi connectivity index (χ0) is 19.5. The summed E-state index contributed by atoms with van der Waals surface area (Å²) in [6, 6.07) is 8.34. The van der Waals surface area contributed by atoms with Gasteiger partial charge in [-0.25, -0.2) is 9.37 Å². The molecule has 5 nitrogen and oxygen atoms in total. The molecule has 0 saturated carbocycles. The largest absolute Gasteiger partial charge is 0.321 e. The first-order valence-corrected chi connectivity index (χ1v) is 9.79. The maximum atomic E-state index is 13.8. The fourth-order valence-corrected chi connectivity index (χ4v) is 4.64. The molecule has 0 atom stereocenters. The number of benzene rings is 2. The number of nitrogens with one attached hydrogen (secondary N) is 2. The standard InChI is InChI=1S/C23H17FN4O/c24-12-5-6-18-15(9-12)16(23(29)27-18)10-21-13-3-1-2-4-14(13)22-17-11-25-28-19(17)7-8-20(22)26-21/h5-11H,1-4H2,(H,25,28)(H,27,29)/b16-10+. The van der Waals surface area contributed by atoms with E-state index in [9.17, 15) is 9.18 Å². The fourth-order valence-electron chi connectivity index (χ4n) is 4.64. The highest BCUT2D eigenvalue weighted by atomic mass is 19.1. The first kappa shape index (κ1) is 16.4. The highest BCUT2D eigenvalue weighted by Gasteiger charge is 2.26. The molecular formula is C23H17FN4O. The Morgan fingerprint density at radius 3 is 2.83 bits per heavy atom. The molecule has 6 rings (SSSR count). The molecule has 2 N–H and O–H groups in total. The maximum absolute atomic E-state index is 13.8. The zero-order valence-corrected chi connectivity index (χ0v) is 15.6. The Hall–Kier alpha value is -3.54. The van der Waals surface area contributed by atoms with Crippen molar-refractivity contribution in [1.29, 1.82) is 0 Å². The third kappa shape index (κ3) is 2.42. The number of pyridine rings is 1. The summed E-state index contributed by atoms with van der Waals surface area (Å²) in [5.41, 5.74) is 6.85. The molecule has 2 aromatic heterocycles. The van der Waals surface area contributed by atoms with E-state index in [0.29, 0.717) is 16.8 Å². The number of halogens is 1. The minimum absolute atomic E-state index is 0.220. The zero-order valence-electron chi connectivity index (χ0n) is 15.6. The number of carbonyl (C=O) groups excluding carboxylic acids is 1. The highest BCUT2D eigenvalue weighted by molar-refractivity contribution is 6.35. The van der Waals surface area contributed by atoms with E-state index in [2.05, 4.69) is 15.5 Å². The van der Waals surface area contributed by atoms with Crippen LogP contribution in [0.25, 0.3) is 33.5 Å². The Labute approximate surface area is 165 Å². The normalized spacial score (nSPS) is 17.0. The van der Waals surface area contributed by atoms with Crippen molar-refractivity contribution < 1.29 is 9.18 Å². The number of carbonyl (C=O) groups is 1. The molecule has 1 amide bonds. The van der Waals surface area contributed by atoms with Gasteiger partial charge in [0.05, 0.1) is 28.5 Å². The summed E-state index contributed by atoms with van der Waals surface area (Å²) in [5.74, 6) is -0.579. The second-order valence-corrected chi connectivity index (χ2v) is 7.65. The number of hydrogen-bond acceptors (Lipinski definition) is 3. The molecule has 2 aromatic carbocycles. The first-order chi connectivity index (χ1) is 14.2. The van der Waals surface area contributed by atoms with Gasteiger partial charge in [0, 0.05) is 22.0 Å². The van der Waals surface area contributed by atoms with Gasteiger partial charge in [-0.2, -0.15) is 5.10 Å². The van der Waals surface area contributed by atoms with Gasteiger partial charge in [-0.3, -0.25) is 9.89 Å². The topological polar surface area (TPSA) is 70.7 Å². The van der Waals surface area contributed by atoms with E-state index in [1.54, 1.807) is 6.07 Å². The van der Waals surface area contributed by atoms with Gasteiger partial charge in [0.25, 0.3) is 5.91 Å². The van der Waals surface area contributed by atoms with Crippen LogP contribution in [-0.4, -0.2) is 21.1 Å². The summed E-state index contributed by atoms with van der Waals surface area (Å²) in [6.45, 7) is 0. The van der Waals surface area contributed by atoms with Gasteiger partial charge >= 0.3 is 0 Å². The minimum Gasteiger partial charge on any atom is -0.321 e. The number of aryl methyl sites for hydroxylation is 1. The number of aromatic nitrogens is 3. The van der Waals surface area contributed by atoms with Crippen molar-refractivity contribution in [2.24, 2.45) is 0 Å². The predicted molar refractivity (Wildman–Crippen MR) is 111 cm³/mol. The van der Waals surface area contributed by atoms with Gasteiger partial charge in [-0.1, -0.05) is 0 Å². The third-order valence-corrected chi connectivity index (χ3v) is 5.97. The Morgan fingerprint density at radius 2 is 1.93 bits per heavy atom. The molecule has 0 saturated heterocycles. The SMILES string of the molecule is O=C1Nc2ccc(F)cc2/C1=C\c1nc2ccc3[nH]ncc3c2c2c1CCCC2. The number of amides is 1. The predicted octanol–water partition coefficient (Wildman–Crippen LogP) is 4.62. The monoisotopic (exact) mass is 384 g/mol. The molecule has 0 radical (unpaired) electrons. The number of hydrogen-bond donors (Lipinski definition) is 2. The Balaban J connectivity index is 1.63. The van der Waals surface area contributed by atoms with Gasteiger partial charge in [0.2, 0.25) is 0 Å². The van der Waals surface area contributed by atoms with Gasteiger partial charge in [0.1, 0.15) is 5.82 Å². The average molecular weight is 384 g/mol. The van der Waals surface area contributed by atoms with E-state index in [4.69, 9.17) is 4.98 Å². The number of rotatable bonds is 1. The Kier molecular flexibility index (Phi) is 3.38. The van der Waals surface area contributed by atoms with Crippen LogP contribution in [0.15, 0.2) is 36.5 Å². The first-order valence-electron chi connectivity index (χ1n) is 9.79. The van der Waals surface area contributed by atoms with Gasteiger partial charge < -0.3 is 5.32 Å². The van der Waals surface area contributed by atoms with Crippen LogP contribution < -0.4 is 5.32 Å². The van der Waals surface area contributed by atoms with Crippen LogP contribution in [0.3, 0.4) is 0 Å². The van der Waals surface area contributed by atoms with E-state index < -0.39 is 0 Å². The molecule has 0 spiro atoms. The molecule has 29 heavy (non-hydrogen) atoms. The van der Waals surface area contributed by atoms with Crippen LogP contribution in [0.2, 0.25) is 0 Å². The van der Waals surface area contributed by atoms with Crippen molar-refractivity contribution in [2.45, 2.75) is 25.7 Å². The quantitative estimate of drug-likeness (QED) is 0.471. The Morgan fingerprint density at radius 1 is 1.07 bits per heavy atom. The van der Waals surface area contributed by atoms with Crippen molar-refractivity contribution >= 4 is 45.0 Å². The smallest absolute Gasteiger partial charge is 0.256 e. The molecule has 3 heterocycles. The van der Waals surface area contributed by atoms with Crippen LogP contribution in [-0.2, 0) is 17.6 Å². The van der Waals surface area contributed by atoms with Crippen molar-refractivity contribution in [1.82, 2.24) is 15.2 Å². The lowest BCUT2D eigenvalue weighted by atomic mass is 9.86. The van der Waals surface area contributed by atoms with Crippen molar-refractivity contribution in [3.05, 3.63) is 64.7 Å². The number of H-pyrrole nitrogens is 1. The van der Waals surface area contributed by atoms with Crippen LogP contribution in [0.4, 0.5) is 10.1 Å². The molecule has 1 aliphatic heterocycles. The van der Waals surface area contributed by atoms with Gasteiger partial charge in [-0.05, 0) is 73.2 Å². The van der Waals surface area contributed by atoms with E-state index in [1.807, 2.05) is 24.4 Å². The van der Waals surface area contributed by atoms with Crippen LogP contribution in [0, 0.1) is 5.82 Å². The lowest BCUT2D eigenvalue weighted by molar-refractivity contribution is -0.110. The van der Waals surface area contributed by atoms with Crippen LogP contribution in [0.1, 0.15) is 35.2 Å². The third-order valence-electron chi connectivity index (χ3n) is 5.97. The van der Waals surface area contributed by atoms with Gasteiger partial charge in [0.15, 0.2) is 0 Å². The molecule has 4 aromatic rings. The van der Waals surface area contributed by atoms with Crippen molar-refractivity contribution in [3.8, 4) is 0 Å². The second kappa shape index (κ2) is 5.98. The highest BCUT2D eigenvalue weighted by Crippen LogP contribution is 2.38. The summed E-state index contributed by atoms with van der Waals surface area (Å²) in [5, 5.41) is 12.3. The molecule has 142 valence electrons. The lowest BCUT2D eigenvalue weighted by Crippen LogP contribution is -2.09. The Bertz CT molecular complexity index is 1370. The van der Waals surface area contributed by atoms with E-state index in [-0.39, 0.29) is 11.7 Å². The second-order valence-electron chi connectivity index (χ2n) is 7.65. The number of fused-ring (bicyclic) bond motifs is 6. The molecule has 0 unspecified atom stereocenters. The molecule has 0 fully saturated rings. The molecule has 0 bridgehead atoms. The number of aromatic amines is 1. The van der Waals surface area contributed by atoms with E-state index in [1.165, 1.54) is 23.3 Å². The summed E-state index contributed by atoms with van der Waals surface area (Å²) in [7, 11) is 0. The summed E-state index contributed by atoms with van der Waals surface area (Å²) in [4.78, 5) is 17.5. The van der Waals surface area contributed by atoms with Gasteiger partial charge in [-0.15, -0.1) is 0 Å². The van der Waals surface area contributed by atoms with Crippen molar-refractivity contribution in [3.63, 3.8) is 0 Å². The van der Waals surface area contributed by atoms with Crippen molar-refractivity contribution in [2.75, 3.05) is 5.32 Å². The number of anilines is 1. The molecule has 1 aliphatic carbocycles.